The zero-order valence-electron chi connectivity index (χ0n) is 13.6. The van der Waals surface area contributed by atoms with Gasteiger partial charge in [0.25, 0.3) is 0 Å². The lowest BCUT2D eigenvalue weighted by molar-refractivity contribution is 0.563. The predicted molar refractivity (Wildman–Crippen MR) is 96.2 cm³/mol. The van der Waals surface area contributed by atoms with Crippen LogP contribution in [-0.2, 0) is 0 Å². The molecule has 0 aromatic carbocycles. The fraction of sp³-hybridized carbons (Fsp3) is 1.00. The SMILES string of the molecule is CCCCCCCCCCCCSSCCC(C)C. The smallest absolute Gasteiger partial charge is 0.00393 e. The van der Waals surface area contributed by atoms with Gasteiger partial charge in [0, 0.05) is 11.5 Å². The highest BCUT2D eigenvalue weighted by atomic mass is 33.1. The molecule has 19 heavy (non-hydrogen) atoms. The first-order chi connectivity index (χ1) is 9.27. The van der Waals surface area contributed by atoms with Gasteiger partial charge in [-0.3, -0.25) is 0 Å². The summed E-state index contributed by atoms with van der Waals surface area (Å²) in [7, 11) is 4.17. The van der Waals surface area contributed by atoms with E-state index in [1.807, 2.05) is 0 Å². The van der Waals surface area contributed by atoms with Gasteiger partial charge in [-0.2, -0.15) is 0 Å². The second kappa shape index (κ2) is 16.8. The van der Waals surface area contributed by atoms with Gasteiger partial charge in [0.05, 0.1) is 0 Å². The van der Waals surface area contributed by atoms with Crippen LogP contribution in [-0.4, -0.2) is 11.5 Å². The van der Waals surface area contributed by atoms with Crippen molar-refractivity contribution in [2.45, 2.75) is 91.4 Å². The first kappa shape index (κ1) is 19.7. The molecule has 0 nitrogen and oxygen atoms in total. The molecule has 0 saturated carbocycles. The zero-order valence-corrected chi connectivity index (χ0v) is 15.2. The molecule has 0 radical (unpaired) electrons. The van der Waals surface area contributed by atoms with Crippen molar-refractivity contribution in [2.75, 3.05) is 11.5 Å². The van der Waals surface area contributed by atoms with Crippen LogP contribution in [0.25, 0.3) is 0 Å². The summed E-state index contributed by atoms with van der Waals surface area (Å²) in [6.45, 7) is 6.92. The Bertz CT molecular complexity index is 157. The summed E-state index contributed by atoms with van der Waals surface area (Å²) in [6.07, 6.45) is 15.9. The van der Waals surface area contributed by atoms with Gasteiger partial charge in [0.1, 0.15) is 0 Å². The van der Waals surface area contributed by atoms with Crippen molar-refractivity contribution in [3.8, 4) is 0 Å². The van der Waals surface area contributed by atoms with Crippen LogP contribution in [0.4, 0.5) is 0 Å². The molecular formula is C17H36S2. The van der Waals surface area contributed by atoms with Crippen molar-refractivity contribution in [1.29, 1.82) is 0 Å². The van der Waals surface area contributed by atoms with E-state index in [2.05, 4.69) is 42.4 Å². The maximum Gasteiger partial charge on any atom is 0.00393 e. The van der Waals surface area contributed by atoms with Crippen molar-refractivity contribution >= 4 is 21.6 Å². The highest BCUT2D eigenvalue weighted by Crippen LogP contribution is 2.25. The van der Waals surface area contributed by atoms with Crippen LogP contribution < -0.4 is 0 Å². The normalized spacial score (nSPS) is 11.4. The Morgan fingerprint density at radius 1 is 0.632 bits per heavy atom. The van der Waals surface area contributed by atoms with E-state index in [1.54, 1.807) is 0 Å². The van der Waals surface area contributed by atoms with E-state index in [1.165, 1.54) is 82.1 Å². The van der Waals surface area contributed by atoms with E-state index in [9.17, 15) is 0 Å². The van der Waals surface area contributed by atoms with Crippen molar-refractivity contribution in [1.82, 2.24) is 0 Å². The Hall–Kier alpha value is 0.700. The molecule has 0 aromatic rings. The molecule has 0 bridgehead atoms. The fourth-order valence-electron chi connectivity index (χ4n) is 2.05. The average molecular weight is 305 g/mol. The van der Waals surface area contributed by atoms with Gasteiger partial charge in [0.2, 0.25) is 0 Å². The monoisotopic (exact) mass is 304 g/mol. The molecule has 0 heterocycles. The third kappa shape index (κ3) is 18.7. The molecule has 0 atom stereocenters. The van der Waals surface area contributed by atoms with E-state index < -0.39 is 0 Å². The maximum atomic E-state index is 2.31. The van der Waals surface area contributed by atoms with Gasteiger partial charge in [-0.1, -0.05) is 100 Å². The Morgan fingerprint density at radius 2 is 1.11 bits per heavy atom. The average Bonchev–Trinajstić information content (AvgIpc) is 2.39. The Balaban J connectivity index is 2.91. The van der Waals surface area contributed by atoms with Gasteiger partial charge >= 0.3 is 0 Å². The van der Waals surface area contributed by atoms with Crippen LogP contribution in [0.1, 0.15) is 91.4 Å². The first-order valence-corrected chi connectivity index (χ1v) is 11.0. The molecule has 0 amide bonds. The highest BCUT2D eigenvalue weighted by Gasteiger charge is 1.96. The summed E-state index contributed by atoms with van der Waals surface area (Å²) in [5, 5.41) is 0. The standard InChI is InChI=1S/C17H36S2/c1-4-5-6-7-8-9-10-11-12-13-15-18-19-16-14-17(2)3/h17H,4-16H2,1-3H3. The number of rotatable bonds is 15. The minimum absolute atomic E-state index is 0.866. The molecule has 0 fully saturated rings. The topological polar surface area (TPSA) is 0 Å². The molecule has 116 valence electrons. The van der Waals surface area contributed by atoms with Gasteiger partial charge in [0.15, 0.2) is 0 Å². The molecule has 0 aliphatic rings. The van der Waals surface area contributed by atoms with E-state index in [0.717, 1.165) is 5.92 Å². The Labute approximate surface area is 130 Å². The van der Waals surface area contributed by atoms with Crippen molar-refractivity contribution in [3.63, 3.8) is 0 Å². The third-order valence-corrected chi connectivity index (χ3v) is 5.97. The third-order valence-electron chi connectivity index (χ3n) is 3.44. The van der Waals surface area contributed by atoms with Crippen molar-refractivity contribution in [2.24, 2.45) is 5.92 Å². The summed E-state index contributed by atoms with van der Waals surface area (Å²) >= 11 is 0. The van der Waals surface area contributed by atoms with E-state index in [0.29, 0.717) is 0 Å². The summed E-state index contributed by atoms with van der Waals surface area (Å²) in [4.78, 5) is 0. The van der Waals surface area contributed by atoms with Crippen molar-refractivity contribution in [3.05, 3.63) is 0 Å². The lowest BCUT2D eigenvalue weighted by Crippen LogP contribution is -1.88. The molecule has 0 unspecified atom stereocenters. The van der Waals surface area contributed by atoms with Crippen LogP contribution >= 0.6 is 21.6 Å². The molecule has 0 saturated heterocycles. The summed E-state index contributed by atoms with van der Waals surface area (Å²) < 4.78 is 0. The van der Waals surface area contributed by atoms with Gasteiger partial charge in [-0.25, -0.2) is 0 Å². The van der Waals surface area contributed by atoms with Gasteiger partial charge in [-0.15, -0.1) is 0 Å². The largest absolute Gasteiger partial charge is 0.0942 e. The van der Waals surface area contributed by atoms with E-state index in [4.69, 9.17) is 0 Å². The molecule has 2 heteroatoms. The molecular weight excluding hydrogens is 268 g/mol. The predicted octanol–water partition coefficient (Wildman–Crippen LogP) is 7.33. The maximum absolute atomic E-state index is 2.31. The molecule has 0 aromatic heterocycles. The lowest BCUT2D eigenvalue weighted by atomic mass is 10.1. The number of hydrogen-bond donors (Lipinski definition) is 0. The highest BCUT2D eigenvalue weighted by molar-refractivity contribution is 8.76. The molecule has 0 rings (SSSR count). The molecule has 0 aliphatic carbocycles. The second-order valence-electron chi connectivity index (χ2n) is 6.01. The summed E-state index contributed by atoms with van der Waals surface area (Å²) in [5.41, 5.74) is 0. The van der Waals surface area contributed by atoms with E-state index in [-0.39, 0.29) is 0 Å². The van der Waals surface area contributed by atoms with Crippen molar-refractivity contribution < 1.29 is 0 Å². The van der Waals surface area contributed by atoms with Crippen LogP contribution in [0, 0.1) is 5.92 Å². The Morgan fingerprint density at radius 3 is 1.63 bits per heavy atom. The Kier molecular flexibility index (Phi) is 17.4. The van der Waals surface area contributed by atoms with Crippen LogP contribution in [0.3, 0.4) is 0 Å². The van der Waals surface area contributed by atoms with E-state index >= 15 is 0 Å². The molecule has 0 aliphatic heterocycles. The second-order valence-corrected chi connectivity index (χ2v) is 8.71. The van der Waals surface area contributed by atoms with Gasteiger partial charge in [-0.05, 0) is 18.8 Å². The fourth-order valence-corrected chi connectivity index (χ4v) is 4.52. The minimum Gasteiger partial charge on any atom is -0.0942 e. The summed E-state index contributed by atoms with van der Waals surface area (Å²) in [5.74, 6) is 3.56. The summed E-state index contributed by atoms with van der Waals surface area (Å²) in [6, 6.07) is 0. The lowest BCUT2D eigenvalue weighted by Gasteiger charge is -2.04. The van der Waals surface area contributed by atoms with Crippen LogP contribution in [0.5, 0.6) is 0 Å². The first-order valence-electron chi connectivity index (χ1n) is 8.51. The number of hydrogen-bond acceptors (Lipinski definition) is 2. The minimum atomic E-state index is 0.866. The van der Waals surface area contributed by atoms with Crippen LogP contribution in [0.2, 0.25) is 0 Å². The van der Waals surface area contributed by atoms with Gasteiger partial charge < -0.3 is 0 Å². The quantitative estimate of drug-likeness (QED) is 0.229. The van der Waals surface area contributed by atoms with Crippen LogP contribution in [0.15, 0.2) is 0 Å². The number of unbranched alkanes of at least 4 members (excludes halogenated alkanes) is 9. The molecule has 0 spiro atoms. The zero-order chi connectivity index (χ0) is 14.2. The molecule has 0 N–H and O–H groups in total.